The van der Waals surface area contributed by atoms with E-state index in [-0.39, 0.29) is 28.3 Å². The summed E-state index contributed by atoms with van der Waals surface area (Å²) in [6, 6.07) is -0.0556. The topological polar surface area (TPSA) is 59.0 Å². The van der Waals surface area contributed by atoms with Crippen molar-refractivity contribution in [2.24, 2.45) is 17.3 Å². The molecule has 142 valence electrons. The molecule has 5 nitrogen and oxygen atoms in total. The fraction of sp³-hybridized carbons (Fsp3) is 0.944. The van der Waals surface area contributed by atoms with E-state index in [9.17, 15) is 9.90 Å². The van der Waals surface area contributed by atoms with Crippen LogP contribution >= 0.6 is 0 Å². The molecule has 1 rings (SSSR count). The van der Waals surface area contributed by atoms with Crippen LogP contribution in [0.2, 0.25) is 18.1 Å². The Bertz CT molecular complexity index is 439. The average molecular weight is 360 g/mol. The van der Waals surface area contributed by atoms with Gasteiger partial charge < -0.3 is 19.2 Å². The number of hydrogen-bond acceptors (Lipinski definition) is 3. The lowest BCUT2D eigenvalue weighted by atomic mass is 9.77. The summed E-state index contributed by atoms with van der Waals surface area (Å²) in [5, 5.41) is 9.81. The summed E-state index contributed by atoms with van der Waals surface area (Å²) < 4.78 is 11.9. The lowest BCUT2D eigenvalue weighted by Crippen LogP contribution is -2.48. The molecule has 1 saturated heterocycles. The second-order valence-electron chi connectivity index (χ2n) is 9.70. The van der Waals surface area contributed by atoms with Crippen LogP contribution in [0.15, 0.2) is 0 Å². The largest absolute Gasteiger partial charge is 0.465 e. The van der Waals surface area contributed by atoms with E-state index in [2.05, 4.69) is 54.6 Å². The molecule has 1 heterocycles. The highest BCUT2D eigenvalue weighted by atomic mass is 28.4. The van der Waals surface area contributed by atoms with Gasteiger partial charge in [-0.3, -0.25) is 0 Å². The van der Waals surface area contributed by atoms with Gasteiger partial charge in [-0.15, -0.1) is 0 Å². The van der Waals surface area contributed by atoms with Crippen molar-refractivity contribution in [1.82, 2.24) is 4.90 Å². The second-order valence-corrected chi connectivity index (χ2v) is 14.5. The minimum atomic E-state index is -1.87. The van der Waals surface area contributed by atoms with Crippen molar-refractivity contribution in [3.8, 4) is 0 Å². The number of hydrogen-bond donors (Lipinski definition) is 1. The monoisotopic (exact) mass is 359 g/mol. The van der Waals surface area contributed by atoms with Crippen LogP contribution in [-0.4, -0.2) is 57.3 Å². The third-order valence-electron chi connectivity index (χ3n) is 5.73. The first-order chi connectivity index (χ1) is 10.7. The highest BCUT2D eigenvalue weighted by molar-refractivity contribution is 6.74. The molecule has 1 amide bonds. The Morgan fingerprint density at radius 1 is 1.17 bits per heavy atom. The lowest BCUT2D eigenvalue weighted by Gasteiger charge is -2.41. The number of ether oxygens (including phenoxy) is 1. The molecule has 0 radical (unpaired) electrons. The zero-order valence-corrected chi connectivity index (χ0v) is 18.0. The van der Waals surface area contributed by atoms with E-state index in [1.54, 1.807) is 12.0 Å². The number of carboxylic acid groups (broad SMARTS) is 1. The average Bonchev–Trinajstić information content (AvgIpc) is 2.74. The van der Waals surface area contributed by atoms with Crippen LogP contribution < -0.4 is 0 Å². The minimum absolute atomic E-state index is 0.0556. The first-order valence-corrected chi connectivity index (χ1v) is 11.8. The quantitative estimate of drug-likeness (QED) is 0.744. The summed E-state index contributed by atoms with van der Waals surface area (Å²) in [5.74, 6) is 0.343. The Morgan fingerprint density at radius 2 is 1.71 bits per heavy atom. The first kappa shape index (κ1) is 21.4. The molecule has 0 saturated carbocycles. The molecule has 3 atom stereocenters. The van der Waals surface area contributed by atoms with Gasteiger partial charge >= 0.3 is 6.09 Å². The fourth-order valence-corrected chi connectivity index (χ4v) is 4.48. The smallest absolute Gasteiger partial charge is 0.407 e. The van der Waals surface area contributed by atoms with Crippen LogP contribution in [-0.2, 0) is 9.16 Å². The van der Waals surface area contributed by atoms with Gasteiger partial charge in [-0.25, -0.2) is 4.79 Å². The molecule has 0 spiro atoms. The van der Waals surface area contributed by atoms with Crippen molar-refractivity contribution >= 4 is 14.4 Å². The van der Waals surface area contributed by atoms with Gasteiger partial charge in [0, 0.05) is 38.1 Å². The standard InChI is InChI=1S/C18H37NO4Si/c1-17(2,3)15-14(12-23-24(8,9)18(4,5)6)13(11-22-7)10-19(15)16(20)21/h13-15H,10-12H2,1-9H3,(H,20,21). The summed E-state index contributed by atoms with van der Waals surface area (Å²) in [6.07, 6.45) is -0.842. The number of carbonyl (C=O) groups is 1. The summed E-state index contributed by atoms with van der Waals surface area (Å²) in [4.78, 5) is 13.4. The van der Waals surface area contributed by atoms with E-state index >= 15 is 0 Å². The van der Waals surface area contributed by atoms with Crippen LogP contribution in [0.1, 0.15) is 41.5 Å². The molecule has 3 unspecified atom stereocenters. The number of nitrogens with zero attached hydrogens (tertiary/aromatic N) is 1. The predicted octanol–water partition coefficient (Wildman–Crippen LogP) is 4.30. The van der Waals surface area contributed by atoms with Gasteiger partial charge in [0.05, 0.1) is 6.61 Å². The number of rotatable bonds is 5. The molecule has 0 aliphatic carbocycles. The van der Waals surface area contributed by atoms with Crippen molar-refractivity contribution < 1.29 is 19.1 Å². The van der Waals surface area contributed by atoms with Gasteiger partial charge in [0.2, 0.25) is 0 Å². The summed E-state index contributed by atoms with van der Waals surface area (Å²) in [5.41, 5.74) is -0.137. The van der Waals surface area contributed by atoms with E-state index in [4.69, 9.17) is 9.16 Å². The van der Waals surface area contributed by atoms with Crippen molar-refractivity contribution in [3.63, 3.8) is 0 Å². The van der Waals surface area contributed by atoms with E-state index in [0.717, 1.165) is 0 Å². The predicted molar refractivity (Wildman–Crippen MR) is 100.0 cm³/mol. The van der Waals surface area contributed by atoms with Gasteiger partial charge in [0.1, 0.15) is 0 Å². The van der Waals surface area contributed by atoms with Gasteiger partial charge in [-0.2, -0.15) is 0 Å². The number of likely N-dealkylation sites (tertiary alicyclic amines) is 1. The SMILES string of the molecule is COCC1CN(C(=O)O)C(C(C)(C)C)C1CO[Si](C)(C)C(C)(C)C. The molecule has 1 fully saturated rings. The maximum atomic E-state index is 11.8. The highest BCUT2D eigenvalue weighted by Crippen LogP contribution is 2.42. The van der Waals surface area contributed by atoms with Crippen LogP contribution in [0.25, 0.3) is 0 Å². The first-order valence-electron chi connectivity index (χ1n) is 8.85. The molecule has 0 aromatic heterocycles. The Kier molecular flexibility index (Phi) is 6.56. The van der Waals surface area contributed by atoms with Crippen LogP contribution in [0.3, 0.4) is 0 Å². The zero-order chi connectivity index (χ0) is 18.9. The van der Waals surface area contributed by atoms with Gasteiger partial charge in [-0.05, 0) is 23.5 Å². The third kappa shape index (κ3) is 4.73. The van der Waals surface area contributed by atoms with E-state index in [0.29, 0.717) is 19.8 Å². The lowest BCUT2D eigenvalue weighted by molar-refractivity contribution is 0.0650. The third-order valence-corrected chi connectivity index (χ3v) is 10.2. The molecule has 1 aliphatic rings. The fourth-order valence-electron chi connectivity index (χ4n) is 3.44. The molecule has 1 aliphatic heterocycles. The summed E-state index contributed by atoms with van der Waals surface area (Å²) in [7, 11) is -0.188. The van der Waals surface area contributed by atoms with Crippen molar-refractivity contribution in [3.05, 3.63) is 0 Å². The molecular formula is C18H37NO4Si. The Balaban J connectivity index is 3.05. The molecule has 24 heavy (non-hydrogen) atoms. The van der Waals surface area contributed by atoms with Crippen molar-refractivity contribution in [1.29, 1.82) is 0 Å². The Morgan fingerprint density at radius 3 is 2.08 bits per heavy atom. The van der Waals surface area contributed by atoms with E-state index in [1.165, 1.54) is 0 Å². The van der Waals surface area contributed by atoms with Gasteiger partial charge in [0.25, 0.3) is 0 Å². The molecule has 0 aromatic carbocycles. The summed E-state index contributed by atoms with van der Waals surface area (Å²) in [6.45, 7) is 19.2. The van der Waals surface area contributed by atoms with Crippen LogP contribution in [0.4, 0.5) is 4.79 Å². The van der Waals surface area contributed by atoms with Gasteiger partial charge in [0.15, 0.2) is 8.32 Å². The van der Waals surface area contributed by atoms with Crippen LogP contribution in [0, 0.1) is 17.3 Å². The van der Waals surface area contributed by atoms with Gasteiger partial charge in [-0.1, -0.05) is 41.5 Å². The maximum Gasteiger partial charge on any atom is 0.407 e. The van der Waals surface area contributed by atoms with Crippen molar-refractivity contribution in [2.45, 2.75) is 65.7 Å². The van der Waals surface area contributed by atoms with Crippen molar-refractivity contribution in [2.75, 3.05) is 26.9 Å². The maximum absolute atomic E-state index is 11.8. The molecule has 0 bridgehead atoms. The number of methoxy groups -OCH3 is 1. The normalized spacial score (nSPS) is 26.0. The molecule has 6 heteroatoms. The Hall–Kier alpha value is -0.593. The molecule has 1 N–H and O–H groups in total. The zero-order valence-electron chi connectivity index (χ0n) is 17.0. The molecule has 0 aromatic rings. The summed E-state index contributed by atoms with van der Waals surface area (Å²) >= 11 is 0. The molecular weight excluding hydrogens is 322 g/mol. The number of amides is 1. The van der Waals surface area contributed by atoms with E-state index in [1.807, 2.05) is 0 Å². The second kappa shape index (κ2) is 7.34. The Labute approximate surface area is 148 Å². The van der Waals surface area contributed by atoms with E-state index < -0.39 is 14.4 Å². The van der Waals surface area contributed by atoms with Crippen LogP contribution in [0.5, 0.6) is 0 Å². The highest BCUT2D eigenvalue weighted by Gasteiger charge is 2.50. The minimum Gasteiger partial charge on any atom is -0.465 e.